The van der Waals surface area contributed by atoms with Crippen LogP contribution in [0, 0.1) is 0 Å². The second-order valence-electron chi connectivity index (χ2n) is 4.52. The number of nitrogens with one attached hydrogen (secondary N) is 2. The Bertz CT molecular complexity index is 712. The van der Waals surface area contributed by atoms with Crippen molar-refractivity contribution in [2.45, 2.75) is 24.8 Å². The highest BCUT2D eigenvalue weighted by atomic mass is 32.2. The highest BCUT2D eigenvalue weighted by Crippen LogP contribution is 2.20. The maximum absolute atomic E-state index is 12.5. The number of sulfonamides is 1. The maximum atomic E-state index is 12.5. The van der Waals surface area contributed by atoms with Crippen molar-refractivity contribution in [3.05, 3.63) is 30.5 Å². The van der Waals surface area contributed by atoms with Gasteiger partial charge in [-0.2, -0.15) is 0 Å². The molecule has 0 aliphatic rings. The van der Waals surface area contributed by atoms with E-state index in [1.807, 2.05) is 6.92 Å². The summed E-state index contributed by atoms with van der Waals surface area (Å²) in [5, 5.41) is 10.6. The van der Waals surface area contributed by atoms with Gasteiger partial charge in [-0.05, 0) is 26.0 Å². The lowest BCUT2D eigenvalue weighted by atomic mass is 10.3. The Labute approximate surface area is 123 Å². The van der Waals surface area contributed by atoms with Crippen LogP contribution in [0.4, 0.5) is 5.82 Å². The molecule has 114 valence electrons. The second-order valence-corrected chi connectivity index (χ2v) is 6.21. The molecule has 2 aromatic rings. The molecule has 0 amide bonds. The first-order chi connectivity index (χ1) is 9.95. The standard InChI is InChI=1S/C12H18N6O2S/c1-4-13-11-10(6-5-7-14-11)21(19,20)17-9(2)12-16-15-8-18(12)3/h5-9,17H,4H2,1-3H3,(H,13,14). The molecular weight excluding hydrogens is 292 g/mol. The van der Waals surface area contributed by atoms with E-state index in [0.29, 0.717) is 18.2 Å². The van der Waals surface area contributed by atoms with Gasteiger partial charge >= 0.3 is 0 Å². The number of nitrogens with zero attached hydrogens (tertiary/aromatic N) is 4. The van der Waals surface area contributed by atoms with Crippen molar-refractivity contribution in [1.29, 1.82) is 0 Å². The molecule has 0 fully saturated rings. The Kier molecular flexibility index (Phi) is 4.53. The van der Waals surface area contributed by atoms with Crippen LogP contribution in [0.25, 0.3) is 0 Å². The normalized spacial score (nSPS) is 13.1. The molecule has 1 atom stereocenters. The van der Waals surface area contributed by atoms with E-state index in [2.05, 4.69) is 25.2 Å². The van der Waals surface area contributed by atoms with Crippen molar-refractivity contribution in [3.8, 4) is 0 Å². The molecule has 1 unspecified atom stereocenters. The van der Waals surface area contributed by atoms with Crippen LogP contribution >= 0.6 is 0 Å². The first-order valence-electron chi connectivity index (χ1n) is 6.50. The van der Waals surface area contributed by atoms with Crippen molar-refractivity contribution >= 4 is 15.8 Å². The van der Waals surface area contributed by atoms with Gasteiger partial charge < -0.3 is 9.88 Å². The minimum absolute atomic E-state index is 0.112. The molecule has 21 heavy (non-hydrogen) atoms. The third-order valence-corrected chi connectivity index (χ3v) is 4.44. The monoisotopic (exact) mass is 310 g/mol. The number of hydrogen-bond acceptors (Lipinski definition) is 6. The van der Waals surface area contributed by atoms with Gasteiger partial charge in [0.1, 0.15) is 22.9 Å². The van der Waals surface area contributed by atoms with E-state index in [1.165, 1.54) is 12.4 Å². The molecule has 2 N–H and O–H groups in total. The fourth-order valence-corrected chi connectivity index (χ4v) is 3.28. The third kappa shape index (κ3) is 3.37. The smallest absolute Gasteiger partial charge is 0.244 e. The molecule has 9 heteroatoms. The van der Waals surface area contributed by atoms with Crippen LogP contribution in [0.15, 0.2) is 29.6 Å². The van der Waals surface area contributed by atoms with E-state index >= 15 is 0 Å². The predicted molar refractivity (Wildman–Crippen MR) is 78.1 cm³/mol. The molecule has 0 aliphatic heterocycles. The Hall–Kier alpha value is -2.00. The molecule has 0 bridgehead atoms. The Morgan fingerprint density at radius 1 is 1.43 bits per heavy atom. The minimum atomic E-state index is -3.71. The largest absolute Gasteiger partial charge is 0.369 e. The van der Waals surface area contributed by atoms with Gasteiger partial charge in [0.05, 0.1) is 6.04 Å². The Morgan fingerprint density at radius 2 is 2.19 bits per heavy atom. The summed E-state index contributed by atoms with van der Waals surface area (Å²) in [6.07, 6.45) is 3.07. The van der Waals surface area contributed by atoms with Gasteiger partial charge in [-0.25, -0.2) is 18.1 Å². The van der Waals surface area contributed by atoms with Crippen LogP contribution in [-0.4, -0.2) is 34.7 Å². The number of anilines is 1. The summed E-state index contributed by atoms with van der Waals surface area (Å²) in [6.45, 7) is 4.17. The highest BCUT2D eigenvalue weighted by Gasteiger charge is 2.24. The average Bonchev–Trinajstić information content (AvgIpc) is 2.85. The van der Waals surface area contributed by atoms with Crippen molar-refractivity contribution in [2.75, 3.05) is 11.9 Å². The fourth-order valence-electron chi connectivity index (χ4n) is 1.94. The molecule has 0 aromatic carbocycles. The summed E-state index contributed by atoms with van der Waals surface area (Å²) in [4.78, 5) is 4.17. The summed E-state index contributed by atoms with van der Waals surface area (Å²) in [7, 11) is -1.95. The van der Waals surface area contributed by atoms with Gasteiger partial charge in [0.2, 0.25) is 10.0 Å². The van der Waals surface area contributed by atoms with Gasteiger partial charge in [0.25, 0.3) is 0 Å². The van der Waals surface area contributed by atoms with E-state index in [1.54, 1.807) is 30.8 Å². The van der Waals surface area contributed by atoms with Crippen molar-refractivity contribution in [3.63, 3.8) is 0 Å². The number of aryl methyl sites for hydroxylation is 1. The van der Waals surface area contributed by atoms with E-state index in [9.17, 15) is 8.42 Å². The summed E-state index contributed by atoms with van der Waals surface area (Å²) in [6, 6.07) is 2.59. The molecule has 2 rings (SSSR count). The van der Waals surface area contributed by atoms with Gasteiger partial charge in [-0.1, -0.05) is 0 Å². The van der Waals surface area contributed by atoms with Gasteiger partial charge in [0, 0.05) is 19.8 Å². The van der Waals surface area contributed by atoms with Crippen LogP contribution in [0.2, 0.25) is 0 Å². The van der Waals surface area contributed by atoms with Gasteiger partial charge in [-0.15, -0.1) is 10.2 Å². The number of rotatable bonds is 6. The lowest BCUT2D eigenvalue weighted by Crippen LogP contribution is -2.29. The fraction of sp³-hybridized carbons (Fsp3) is 0.417. The van der Waals surface area contributed by atoms with Crippen LogP contribution in [0.1, 0.15) is 25.7 Å². The zero-order chi connectivity index (χ0) is 15.5. The molecule has 0 saturated carbocycles. The SMILES string of the molecule is CCNc1ncccc1S(=O)(=O)NC(C)c1nncn1C. The molecule has 0 saturated heterocycles. The summed E-state index contributed by atoms with van der Waals surface area (Å²) in [5.74, 6) is 0.866. The molecule has 2 heterocycles. The Morgan fingerprint density at radius 3 is 2.81 bits per heavy atom. The van der Waals surface area contributed by atoms with Crippen molar-refractivity contribution in [1.82, 2.24) is 24.5 Å². The molecule has 8 nitrogen and oxygen atoms in total. The van der Waals surface area contributed by atoms with E-state index in [-0.39, 0.29) is 4.90 Å². The van der Waals surface area contributed by atoms with E-state index in [4.69, 9.17) is 0 Å². The Balaban J connectivity index is 2.29. The van der Waals surface area contributed by atoms with Crippen LogP contribution < -0.4 is 10.0 Å². The first kappa shape index (κ1) is 15.4. The molecule has 0 radical (unpaired) electrons. The molecular formula is C12H18N6O2S. The molecule has 2 aromatic heterocycles. The highest BCUT2D eigenvalue weighted by molar-refractivity contribution is 7.89. The van der Waals surface area contributed by atoms with E-state index in [0.717, 1.165) is 0 Å². The third-order valence-electron chi connectivity index (χ3n) is 2.87. The quantitative estimate of drug-likeness (QED) is 0.813. The number of pyridine rings is 1. The van der Waals surface area contributed by atoms with Gasteiger partial charge in [-0.3, -0.25) is 0 Å². The summed E-state index contributed by atoms with van der Waals surface area (Å²) >= 11 is 0. The number of hydrogen-bond donors (Lipinski definition) is 2. The molecule has 0 spiro atoms. The van der Waals surface area contributed by atoms with Crippen LogP contribution in [0.5, 0.6) is 0 Å². The number of aromatic nitrogens is 4. The zero-order valence-corrected chi connectivity index (χ0v) is 12.9. The zero-order valence-electron chi connectivity index (χ0n) is 12.1. The molecule has 0 aliphatic carbocycles. The first-order valence-corrected chi connectivity index (χ1v) is 7.99. The van der Waals surface area contributed by atoms with Crippen LogP contribution in [0.3, 0.4) is 0 Å². The lowest BCUT2D eigenvalue weighted by Gasteiger charge is -2.15. The maximum Gasteiger partial charge on any atom is 0.244 e. The topological polar surface area (TPSA) is 102 Å². The predicted octanol–water partition coefficient (Wildman–Crippen LogP) is 0.681. The van der Waals surface area contributed by atoms with Crippen molar-refractivity contribution < 1.29 is 8.42 Å². The van der Waals surface area contributed by atoms with Gasteiger partial charge in [0.15, 0.2) is 0 Å². The summed E-state index contributed by atoms with van der Waals surface area (Å²) in [5.41, 5.74) is 0. The second kappa shape index (κ2) is 6.19. The average molecular weight is 310 g/mol. The lowest BCUT2D eigenvalue weighted by molar-refractivity contribution is 0.553. The summed E-state index contributed by atoms with van der Waals surface area (Å²) < 4.78 is 29.2. The minimum Gasteiger partial charge on any atom is -0.369 e. The van der Waals surface area contributed by atoms with E-state index < -0.39 is 16.1 Å². The van der Waals surface area contributed by atoms with Crippen LogP contribution in [-0.2, 0) is 17.1 Å². The van der Waals surface area contributed by atoms with Crippen molar-refractivity contribution in [2.24, 2.45) is 7.05 Å².